The molecule has 34 heavy (non-hydrogen) atoms. The Morgan fingerprint density at radius 3 is 2.56 bits per heavy atom. The molecule has 1 saturated heterocycles. The van der Waals surface area contributed by atoms with Crippen molar-refractivity contribution in [3.05, 3.63) is 104 Å². The van der Waals surface area contributed by atoms with E-state index in [0.29, 0.717) is 21.6 Å². The topological polar surface area (TPSA) is 104 Å². The number of hydrogen-bond donors (Lipinski definition) is 0. The highest BCUT2D eigenvalue weighted by Crippen LogP contribution is 2.38. The third kappa shape index (κ3) is 5.03. The molecule has 0 spiro atoms. The Labute approximate surface area is 204 Å². The fourth-order valence-electron chi connectivity index (χ4n) is 3.31. The zero-order valence-corrected chi connectivity index (χ0v) is 19.6. The third-order valence-electron chi connectivity index (χ3n) is 5.07. The van der Waals surface area contributed by atoms with E-state index in [4.69, 9.17) is 0 Å². The second-order valence-electron chi connectivity index (χ2n) is 7.44. The average molecular weight is 488 g/mol. The van der Waals surface area contributed by atoms with Crippen molar-refractivity contribution < 1.29 is 14.5 Å². The van der Waals surface area contributed by atoms with Gasteiger partial charge in [-0.2, -0.15) is 5.26 Å². The summed E-state index contributed by atoms with van der Waals surface area (Å²) in [4.78, 5) is 39.2. The minimum Gasteiger partial charge on any atom is -0.268 e. The Hall–Kier alpha value is -3.87. The van der Waals surface area contributed by atoms with Crippen LogP contribution in [-0.2, 0) is 11.3 Å². The number of imide groups is 1. The van der Waals surface area contributed by atoms with Gasteiger partial charge in [-0.05, 0) is 60.2 Å². The predicted octanol–water partition coefficient (Wildman–Crippen LogP) is 6.16. The first kappa shape index (κ1) is 23.3. The van der Waals surface area contributed by atoms with Crippen molar-refractivity contribution in [2.24, 2.45) is 0 Å². The standard InChI is InChI=1S/C25H17N3O4S2/c1-16-6-9-20(10-7-16)33-22-11-8-17(12-21(22)28(31)32)13-23-24(29)27(25(30)34-23)15-19-5-3-2-4-18(19)14-26/h2-13H,15H2,1H3. The van der Waals surface area contributed by atoms with E-state index in [0.717, 1.165) is 27.1 Å². The van der Waals surface area contributed by atoms with Crippen LogP contribution in [0.25, 0.3) is 6.08 Å². The van der Waals surface area contributed by atoms with Gasteiger partial charge in [0.05, 0.1) is 32.9 Å². The molecule has 1 aliphatic heterocycles. The molecule has 0 N–H and O–H groups in total. The van der Waals surface area contributed by atoms with E-state index in [1.54, 1.807) is 36.4 Å². The first-order valence-electron chi connectivity index (χ1n) is 10.1. The van der Waals surface area contributed by atoms with Crippen molar-refractivity contribution in [1.29, 1.82) is 5.26 Å². The second kappa shape index (κ2) is 9.95. The minimum absolute atomic E-state index is 0.0159. The number of aryl methyl sites for hydroxylation is 1. The van der Waals surface area contributed by atoms with Crippen molar-refractivity contribution in [2.45, 2.75) is 23.3 Å². The zero-order chi connectivity index (χ0) is 24.2. The molecule has 0 aromatic heterocycles. The molecule has 1 aliphatic rings. The van der Waals surface area contributed by atoms with Crippen LogP contribution in [0.4, 0.5) is 10.5 Å². The molecular weight excluding hydrogens is 470 g/mol. The number of nitro benzene ring substituents is 1. The van der Waals surface area contributed by atoms with E-state index >= 15 is 0 Å². The van der Waals surface area contributed by atoms with Crippen molar-refractivity contribution >= 4 is 46.4 Å². The summed E-state index contributed by atoms with van der Waals surface area (Å²) in [5.41, 5.74) is 2.42. The normalized spacial score (nSPS) is 14.5. The molecule has 7 nitrogen and oxygen atoms in total. The Kier molecular flexibility index (Phi) is 6.82. The number of thioether (sulfide) groups is 1. The maximum Gasteiger partial charge on any atom is 0.293 e. The molecule has 1 fully saturated rings. The molecule has 0 unspecified atom stereocenters. The van der Waals surface area contributed by atoms with Gasteiger partial charge in [0.15, 0.2) is 0 Å². The molecule has 0 radical (unpaired) electrons. The quantitative estimate of drug-likeness (QED) is 0.233. The summed E-state index contributed by atoms with van der Waals surface area (Å²) < 4.78 is 0. The maximum absolute atomic E-state index is 12.9. The summed E-state index contributed by atoms with van der Waals surface area (Å²) in [6, 6.07) is 21.2. The van der Waals surface area contributed by atoms with Gasteiger partial charge in [0.2, 0.25) is 0 Å². The summed E-state index contributed by atoms with van der Waals surface area (Å²) in [7, 11) is 0. The van der Waals surface area contributed by atoms with Crippen LogP contribution in [0, 0.1) is 28.4 Å². The molecule has 0 atom stereocenters. The summed E-state index contributed by atoms with van der Waals surface area (Å²) in [5, 5.41) is 20.5. The molecule has 3 aromatic carbocycles. The van der Waals surface area contributed by atoms with E-state index in [-0.39, 0.29) is 17.1 Å². The second-order valence-corrected chi connectivity index (χ2v) is 9.54. The van der Waals surface area contributed by atoms with Crippen LogP contribution in [-0.4, -0.2) is 21.0 Å². The molecule has 9 heteroatoms. The first-order valence-corrected chi connectivity index (χ1v) is 11.8. The van der Waals surface area contributed by atoms with Gasteiger partial charge < -0.3 is 0 Å². The van der Waals surface area contributed by atoms with Crippen LogP contribution >= 0.6 is 23.5 Å². The van der Waals surface area contributed by atoms with Crippen LogP contribution in [0.15, 0.2) is 81.4 Å². The number of nitro groups is 1. The molecule has 0 bridgehead atoms. The molecular formula is C25H17N3O4S2. The van der Waals surface area contributed by atoms with Crippen LogP contribution in [0.1, 0.15) is 22.3 Å². The number of amides is 2. The first-order chi connectivity index (χ1) is 16.4. The number of rotatable bonds is 6. The summed E-state index contributed by atoms with van der Waals surface area (Å²) >= 11 is 2.06. The van der Waals surface area contributed by atoms with Gasteiger partial charge in [0.1, 0.15) is 0 Å². The minimum atomic E-state index is -0.497. The van der Waals surface area contributed by atoms with Crippen LogP contribution in [0.3, 0.4) is 0 Å². The van der Waals surface area contributed by atoms with Gasteiger partial charge in [-0.3, -0.25) is 24.6 Å². The Morgan fingerprint density at radius 2 is 1.85 bits per heavy atom. The van der Waals surface area contributed by atoms with Gasteiger partial charge in [0.25, 0.3) is 16.8 Å². The van der Waals surface area contributed by atoms with Crippen molar-refractivity contribution in [2.75, 3.05) is 0 Å². The predicted molar refractivity (Wildman–Crippen MR) is 131 cm³/mol. The van der Waals surface area contributed by atoms with Crippen molar-refractivity contribution in [3.8, 4) is 6.07 Å². The van der Waals surface area contributed by atoms with E-state index in [2.05, 4.69) is 6.07 Å². The lowest BCUT2D eigenvalue weighted by Gasteiger charge is -2.13. The van der Waals surface area contributed by atoms with Crippen molar-refractivity contribution in [3.63, 3.8) is 0 Å². The lowest BCUT2D eigenvalue weighted by molar-refractivity contribution is -0.387. The number of benzene rings is 3. The molecule has 3 aromatic rings. The lowest BCUT2D eigenvalue weighted by Crippen LogP contribution is -2.27. The molecule has 168 valence electrons. The fourth-order valence-corrected chi connectivity index (χ4v) is 5.05. The number of carbonyl (C=O) groups is 2. The van der Waals surface area contributed by atoms with E-state index in [1.807, 2.05) is 31.2 Å². The molecule has 2 amide bonds. The maximum atomic E-state index is 12.9. The van der Waals surface area contributed by atoms with E-state index in [9.17, 15) is 25.0 Å². The number of hydrogen-bond acceptors (Lipinski definition) is 7. The number of carbonyl (C=O) groups excluding carboxylic acids is 2. The summed E-state index contributed by atoms with van der Waals surface area (Å²) in [6.07, 6.45) is 1.48. The van der Waals surface area contributed by atoms with Gasteiger partial charge in [0, 0.05) is 11.0 Å². The van der Waals surface area contributed by atoms with E-state index < -0.39 is 16.1 Å². The Morgan fingerprint density at radius 1 is 1.12 bits per heavy atom. The summed E-state index contributed by atoms with van der Waals surface area (Å²) in [6.45, 7) is 1.95. The Bertz CT molecular complexity index is 1380. The monoisotopic (exact) mass is 487 g/mol. The molecule has 4 rings (SSSR count). The van der Waals surface area contributed by atoms with E-state index in [1.165, 1.54) is 23.9 Å². The smallest absolute Gasteiger partial charge is 0.268 e. The average Bonchev–Trinajstić information content (AvgIpc) is 3.09. The molecule has 0 saturated carbocycles. The van der Waals surface area contributed by atoms with Gasteiger partial charge >= 0.3 is 0 Å². The van der Waals surface area contributed by atoms with Crippen molar-refractivity contribution in [1.82, 2.24) is 4.90 Å². The van der Waals surface area contributed by atoms with Gasteiger partial charge in [-0.25, -0.2) is 0 Å². The number of nitriles is 1. The van der Waals surface area contributed by atoms with Gasteiger partial charge in [-0.15, -0.1) is 0 Å². The zero-order valence-electron chi connectivity index (χ0n) is 17.9. The highest BCUT2D eigenvalue weighted by molar-refractivity contribution is 8.18. The SMILES string of the molecule is Cc1ccc(Sc2ccc(C=C3SC(=O)N(Cc4ccccc4C#N)C3=O)cc2[N+](=O)[O-])cc1. The third-order valence-corrected chi connectivity index (χ3v) is 7.05. The molecule has 1 heterocycles. The summed E-state index contributed by atoms with van der Waals surface area (Å²) in [5.74, 6) is -0.497. The largest absolute Gasteiger partial charge is 0.293 e. The van der Waals surface area contributed by atoms with Gasteiger partial charge in [-0.1, -0.05) is 53.7 Å². The highest BCUT2D eigenvalue weighted by Gasteiger charge is 2.35. The molecule has 0 aliphatic carbocycles. The Balaban J connectivity index is 1.58. The van der Waals surface area contributed by atoms with Crippen LogP contribution in [0.2, 0.25) is 0 Å². The highest BCUT2D eigenvalue weighted by atomic mass is 32.2. The van der Waals surface area contributed by atoms with Crippen LogP contribution < -0.4 is 0 Å². The lowest BCUT2D eigenvalue weighted by atomic mass is 10.1. The fraction of sp³-hybridized carbons (Fsp3) is 0.0800. The number of nitrogens with zero attached hydrogens (tertiary/aromatic N) is 3. The van der Waals surface area contributed by atoms with Crippen LogP contribution in [0.5, 0.6) is 0 Å².